The van der Waals surface area contributed by atoms with E-state index in [2.05, 4.69) is 10.3 Å². The van der Waals surface area contributed by atoms with Crippen molar-refractivity contribution in [2.45, 2.75) is 0 Å². The number of aromatic nitrogens is 3. The van der Waals surface area contributed by atoms with Crippen LogP contribution in [-0.4, -0.2) is 25.8 Å². The Labute approximate surface area is 152 Å². The van der Waals surface area contributed by atoms with Crippen LogP contribution < -0.4 is 4.74 Å². The molecule has 3 aromatic carbocycles. The highest BCUT2D eigenvalue weighted by atomic mass is 16.6. The molecule has 0 saturated heterocycles. The lowest BCUT2D eigenvalue weighted by molar-refractivity contribution is -0.384. The first-order chi connectivity index (χ1) is 13.1. The van der Waals surface area contributed by atoms with E-state index in [4.69, 9.17) is 4.74 Å². The molecule has 0 bridgehead atoms. The maximum Gasteiger partial charge on any atom is 0.280 e. The van der Waals surface area contributed by atoms with Crippen LogP contribution in [0.1, 0.15) is 10.4 Å². The van der Waals surface area contributed by atoms with E-state index < -0.39 is 4.92 Å². The van der Waals surface area contributed by atoms with Gasteiger partial charge in [0.05, 0.1) is 10.4 Å². The van der Waals surface area contributed by atoms with Gasteiger partial charge in [-0.15, -0.1) is 5.10 Å². The number of ether oxygens (including phenoxy) is 1. The van der Waals surface area contributed by atoms with Gasteiger partial charge in [0.2, 0.25) is 0 Å². The first-order valence-electron chi connectivity index (χ1n) is 7.99. The number of nitro groups is 1. The third kappa shape index (κ3) is 3.23. The number of non-ortho nitro benzene ring substituents is 1. The van der Waals surface area contributed by atoms with Crippen molar-refractivity contribution in [2.24, 2.45) is 0 Å². The highest BCUT2D eigenvalue weighted by molar-refractivity contribution is 6.00. The van der Waals surface area contributed by atoms with Crippen LogP contribution in [0.15, 0.2) is 72.8 Å². The van der Waals surface area contributed by atoms with Crippen molar-refractivity contribution in [3.8, 4) is 11.5 Å². The predicted octanol–water partition coefficient (Wildman–Crippen LogP) is 3.82. The lowest BCUT2D eigenvalue weighted by Crippen LogP contribution is -2.13. The Kier molecular flexibility index (Phi) is 4.06. The largest absolute Gasteiger partial charge is 0.457 e. The smallest absolute Gasteiger partial charge is 0.280 e. The SMILES string of the molecule is O=C(c1ccc(Oc2ccc([N+](=O)[O-])cc2)cc1)n1nnc2ccccc21. The molecule has 4 aromatic rings. The van der Waals surface area contributed by atoms with Gasteiger partial charge in [0.1, 0.15) is 17.0 Å². The van der Waals surface area contributed by atoms with Gasteiger partial charge in [-0.1, -0.05) is 17.3 Å². The molecule has 1 aromatic heterocycles. The zero-order chi connectivity index (χ0) is 18.8. The van der Waals surface area contributed by atoms with Crippen molar-refractivity contribution in [1.29, 1.82) is 0 Å². The van der Waals surface area contributed by atoms with E-state index in [0.717, 1.165) is 0 Å². The normalized spacial score (nSPS) is 10.7. The molecule has 0 aliphatic heterocycles. The standard InChI is InChI=1S/C19H12N4O4/c24-19(22-18-4-2-1-3-17(18)20-21-22)13-5-9-15(10-6-13)27-16-11-7-14(8-12-16)23(25)26/h1-12H. The predicted molar refractivity (Wildman–Crippen MR) is 96.9 cm³/mol. The Balaban J connectivity index is 1.53. The van der Waals surface area contributed by atoms with Gasteiger partial charge < -0.3 is 4.74 Å². The Bertz CT molecular complexity index is 1130. The van der Waals surface area contributed by atoms with Crippen molar-refractivity contribution in [2.75, 3.05) is 0 Å². The molecule has 0 N–H and O–H groups in total. The van der Waals surface area contributed by atoms with Crippen molar-refractivity contribution in [3.05, 3.63) is 88.5 Å². The summed E-state index contributed by atoms with van der Waals surface area (Å²) in [5, 5.41) is 18.6. The molecule has 8 nitrogen and oxygen atoms in total. The van der Waals surface area contributed by atoms with E-state index in [1.165, 1.54) is 28.9 Å². The minimum Gasteiger partial charge on any atom is -0.457 e. The van der Waals surface area contributed by atoms with Crippen LogP contribution in [-0.2, 0) is 0 Å². The van der Waals surface area contributed by atoms with Gasteiger partial charge in [-0.2, -0.15) is 4.68 Å². The molecule has 0 atom stereocenters. The first-order valence-corrected chi connectivity index (χ1v) is 7.99. The molecular formula is C19H12N4O4. The maximum absolute atomic E-state index is 12.6. The molecule has 8 heteroatoms. The summed E-state index contributed by atoms with van der Waals surface area (Å²) in [6.07, 6.45) is 0. The Hall–Kier alpha value is -4.07. The molecule has 27 heavy (non-hydrogen) atoms. The number of hydrogen-bond acceptors (Lipinski definition) is 6. The first kappa shape index (κ1) is 16.4. The third-order valence-electron chi connectivity index (χ3n) is 3.93. The Morgan fingerprint density at radius 2 is 1.56 bits per heavy atom. The monoisotopic (exact) mass is 360 g/mol. The number of nitrogens with zero attached hydrogens (tertiary/aromatic N) is 4. The second-order valence-electron chi connectivity index (χ2n) is 5.67. The summed E-state index contributed by atoms with van der Waals surface area (Å²) in [5.41, 5.74) is 1.70. The van der Waals surface area contributed by atoms with E-state index in [0.29, 0.717) is 28.1 Å². The lowest BCUT2D eigenvalue weighted by Gasteiger charge is -2.06. The van der Waals surface area contributed by atoms with E-state index in [1.54, 1.807) is 36.4 Å². The number of fused-ring (bicyclic) bond motifs is 1. The molecule has 0 aliphatic carbocycles. The Morgan fingerprint density at radius 3 is 2.22 bits per heavy atom. The summed E-state index contributed by atoms with van der Waals surface area (Å²) in [6.45, 7) is 0. The summed E-state index contributed by atoms with van der Waals surface area (Å²) in [6, 6.07) is 19.5. The fraction of sp³-hybridized carbons (Fsp3) is 0. The fourth-order valence-electron chi connectivity index (χ4n) is 2.58. The number of carbonyl (C=O) groups excluding carboxylic acids is 1. The second kappa shape index (κ2) is 6.68. The number of para-hydroxylation sites is 1. The summed E-state index contributed by atoms with van der Waals surface area (Å²) >= 11 is 0. The van der Waals surface area contributed by atoms with Gasteiger partial charge in [-0.3, -0.25) is 14.9 Å². The van der Waals surface area contributed by atoms with E-state index in [1.807, 2.05) is 12.1 Å². The van der Waals surface area contributed by atoms with E-state index in [9.17, 15) is 14.9 Å². The van der Waals surface area contributed by atoms with Crippen LogP contribution in [0.25, 0.3) is 11.0 Å². The van der Waals surface area contributed by atoms with Crippen LogP contribution in [0.3, 0.4) is 0 Å². The van der Waals surface area contributed by atoms with E-state index in [-0.39, 0.29) is 11.6 Å². The van der Waals surface area contributed by atoms with Crippen LogP contribution in [0, 0.1) is 10.1 Å². The average molecular weight is 360 g/mol. The number of hydrogen-bond donors (Lipinski definition) is 0. The number of carbonyl (C=O) groups is 1. The van der Waals surface area contributed by atoms with Crippen molar-refractivity contribution in [3.63, 3.8) is 0 Å². The van der Waals surface area contributed by atoms with Gasteiger partial charge in [0.25, 0.3) is 11.6 Å². The molecule has 0 fully saturated rings. The zero-order valence-corrected chi connectivity index (χ0v) is 13.9. The van der Waals surface area contributed by atoms with Crippen LogP contribution >= 0.6 is 0 Å². The molecule has 0 aliphatic rings. The highest BCUT2D eigenvalue weighted by Crippen LogP contribution is 2.24. The average Bonchev–Trinajstić information content (AvgIpc) is 3.12. The molecule has 0 unspecified atom stereocenters. The third-order valence-corrected chi connectivity index (χ3v) is 3.93. The molecule has 0 amide bonds. The Morgan fingerprint density at radius 1 is 0.926 bits per heavy atom. The minimum atomic E-state index is -0.474. The van der Waals surface area contributed by atoms with Gasteiger partial charge in [-0.25, -0.2) is 0 Å². The van der Waals surface area contributed by atoms with Crippen LogP contribution in [0.4, 0.5) is 5.69 Å². The highest BCUT2D eigenvalue weighted by Gasteiger charge is 2.14. The van der Waals surface area contributed by atoms with Crippen molar-refractivity contribution < 1.29 is 14.5 Å². The topological polar surface area (TPSA) is 100 Å². The van der Waals surface area contributed by atoms with Crippen LogP contribution in [0.2, 0.25) is 0 Å². The van der Waals surface area contributed by atoms with Gasteiger partial charge in [0, 0.05) is 17.7 Å². The van der Waals surface area contributed by atoms with Crippen molar-refractivity contribution in [1.82, 2.24) is 15.0 Å². The molecule has 0 saturated carbocycles. The summed E-state index contributed by atoms with van der Waals surface area (Å²) in [5.74, 6) is 0.663. The molecule has 1 heterocycles. The molecule has 0 radical (unpaired) electrons. The van der Waals surface area contributed by atoms with Gasteiger partial charge in [-0.05, 0) is 48.5 Å². The number of rotatable bonds is 4. The van der Waals surface area contributed by atoms with Crippen molar-refractivity contribution >= 4 is 22.6 Å². The number of nitro benzene ring substituents is 1. The molecule has 4 rings (SSSR count). The van der Waals surface area contributed by atoms with Crippen LogP contribution in [0.5, 0.6) is 11.5 Å². The lowest BCUT2D eigenvalue weighted by atomic mass is 10.2. The zero-order valence-electron chi connectivity index (χ0n) is 13.9. The quantitative estimate of drug-likeness (QED) is 0.405. The molecule has 0 spiro atoms. The fourth-order valence-corrected chi connectivity index (χ4v) is 2.58. The number of benzene rings is 3. The summed E-state index contributed by atoms with van der Waals surface area (Å²) in [4.78, 5) is 22.8. The second-order valence-corrected chi connectivity index (χ2v) is 5.67. The molecule has 132 valence electrons. The summed E-state index contributed by atoms with van der Waals surface area (Å²) in [7, 11) is 0. The summed E-state index contributed by atoms with van der Waals surface area (Å²) < 4.78 is 6.89. The van der Waals surface area contributed by atoms with Gasteiger partial charge in [0.15, 0.2) is 0 Å². The maximum atomic E-state index is 12.6. The minimum absolute atomic E-state index is 0.0108. The van der Waals surface area contributed by atoms with Gasteiger partial charge >= 0.3 is 0 Å². The molecular weight excluding hydrogens is 348 g/mol. The van der Waals surface area contributed by atoms with E-state index >= 15 is 0 Å².